The summed E-state index contributed by atoms with van der Waals surface area (Å²) < 4.78 is 35.9. The predicted molar refractivity (Wildman–Crippen MR) is 125 cm³/mol. The second kappa shape index (κ2) is 9.94. The maximum atomic E-state index is 13.1. The molecule has 0 spiro atoms. The van der Waals surface area contributed by atoms with E-state index in [0.717, 1.165) is 18.4 Å². The summed E-state index contributed by atoms with van der Waals surface area (Å²) in [5.74, 6) is -0.0233. The number of benzene rings is 2. The van der Waals surface area contributed by atoms with Gasteiger partial charge in [0.2, 0.25) is 10.0 Å². The number of methoxy groups -OCH3 is 1. The number of nitrogens with one attached hydrogen (secondary N) is 1. The molecule has 8 nitrogen and oxygen atoms in total. The molecule has 2 aromatic carbocycles. The van der Waals surface area contributed by atoms with E-state index < -0.39 is 10.0 Å². The van der Waals surface area contributed by atoms with Gasteiger partial charge in [0.25, 0.3) is 5.91 Å². The van der Waals surface area contributed by atoms with E-state index in [1.807, 2.05) is 6.20 Å². The van der Waals surface area contributed by atoms with Crippen molar-refractivity contribution in [1.29, 1.82) is 0 Å². The Morgan fingerprint density at radius 1 is 1.18 bits per heavy atom. The zero-order valence-corrected chi connectivity index (χ0v) is 19.7. The Labute approximate surface area is 198 Å². The van der Waals surface area contributed by atoms with Gasteiger partial charge in [0.15, 0.2) is 0 Å². The fraction of sp³-hybridized carbons (Fsp3) is 0.304. The molecule has 1 fully saturated rings. The highest BCUT2D eigenvalue weighted by atomic mass is 35.5. The third-order valence-corrected chi connectivity index (χ3v) is 7.45. The van der Waals surface area contributed by atoms with Crippen LogP contribution in [0.4, 0.5) is 0 Å². The number of rotatable bonds is 7. The van der Waals surface area contributed by atoms with Crippen molar-refractivity contribution in [3.63, 3.8) is 0 Å². The number of sulfonamides is 1. The Morgan fingerprint density at radius 3 is 2.55 bits per heavy atom. The van der Waals surface area contributed by atoms with Crippen LogP contribution in [0.5, 0.6) is 5.75 Å². The molecule has 0 atom stereocenters. The van der Waals surface area contributed by atoms with Crippen LogP contribution in [0.15, 0.2) is 66.1 Å². The normalized spacial score (nSPS) is 14.9. The summed E-state index contributed by atoms with van der Waals surface area (Å²) in [7, 11) is -2.53. The topological polar surface area (TPSA) is 93.5 Å². The molecule has 10 heteroatoms. The first-order chi connectivity index (χ1) is 15.9. The molecule has 1 amide bonds. The van der Waals surface area contributed by atoms with Gasteiger partial charge in [-0.25, -0.2) is 18.1 Å². The number of hydrogen-bond donors (Lipinski definition) is 1. The smallest absolute Gasteiger partial charge is 0.253 e. The lowest BCUT2D eigenvalue weighted by atomic mass is 10.0. The first kappa shape index (κ1) is 23.3. The van der Waals surface area contributed by atoms with Crippen molar-refractivity contribution in [3.8, 4) is 5.75 Å². The number of halogens is 1. The van der Waals surface area contributed by atoms with Gasteiger partial charge in [0, 0.05) is 48.7 Å². The standard InChI is InChI=1S/C23H25ClN4O4S/c1-32-21-7-4-18(23(29)27-11-8-20(9-12-27)28-13-10-25-16-28)14-22(21)33(30,31)26-15-17-2-5-19(24)6-3-17/h2-7,10,13-14,16,20,26H,8-9,11-12,15H2,1H3. The molecule has 1 N–H and O–H groups in total. The molecule has 1 aliphatic rings. The Balaban J connectivity index is 1.48. The van der Waals surface area contributed by atoms with Gasteiger partial charge >= 0.3 is 0 Å². The Kier molecular flexibility index (Phi) is 7.02. The second-order valence-corrected chi connectivity index (χ2v) is 10.0. The summed E-state index contributed by atoms with van der Waals surface area (Å²) in [5.41, 5.74) is 1.07. The third kappa shape index (κ3) is 5.38. The minimum Gasteiger partial charge on any atom is -0.495 e. The fourth-order valence-electron chi connectivity index (χ4n) is 3.91. The van der Waals surface area contributed by atoms with Gasteiger partial charge in [-0.05, 0) is 48.7 Å². The summed E-state index contributed by atoms with van der Waals surface area (Å²) in [6, 6.07) is 11.7. The number of piperidine rings is 1. The molecule has 1 aromatic heterocycles. The highest BCUT2D eigenvalue weighted by molar-refractivity contribution is 7.89. The monoisotopic (exact) mass is 488 g/mol. The molecular weight excluding hydrogens is 464 g/mol. The number of nitrogens with zero attached hydrogens (tertiary/aromatic N) is 3. The van der Waals surface area contributed by atoms with Crippen LogP contribution in [0.25, 0.3) is 0 Å². The molecule has 0 radical (unpaired) electrons. The Hall–Kier alpha value is -2.88. The fourth-order valence-corrected chi connectivity index (χ4v) is 5.25. The maximum absolute atomic E-state index is 13.1. The highest BCUT2D eigenvalue weighted by Crippen LogP contribution is 2.28. The number of hydrogen-bond acceptors (Lipinski definition) is 5. The van der Waals surface area contributed by atoms with Crippen molar-refractivity contribution in [1.82, 2.24) is 19.2 Å². The summed E-state index contributed by atoms with van der Waals surface area (Å²) in [6.07, 6.45) is 7.09. The van der Waals surface area contributed by atoms with Gasteiger partial charge in [-0.1, -0.05) is 23.7 Å². The maximum Gasteiger partial charge on any atom is 0.253 e. The molecule has 2 heterocycles. The Bertz CT molecular complexity index is 1210. The van der Waals surface area contributed by atoms with E-state index in [1.54, 1.807) is 47.8 Å². The van der Waals surface area contributed by atoms with Crippen molar-refractivity contribution in [2.45, 2.75) is 30.3 Å². The van der Waals surface area contributed by atoms with Crippen LogP contribution >= 0.6 is 11.6 Å². The lowest BCUT2D eigenvalue weighted by Gasteiger charge is -2.32. The molecule has 4 rings (SSSR count). The Morgan fingerprint density at radius 2 is 1.91 bits per heavy atom. The zero-order valence-electron chi connectivity index (χ0n) is 18.1. The van der Waals surface area contributed by atoms with Crippen LogP contribution in [0.3, 0.4) is 0 Å². The van der Waals surface area contributed by atoms with Gasteiger partial charge in [0.05, 0.1) is 13.4 Å². The SMILES string of the molecule is COc1ccc(C(=O)N2CCC(n3ccnc3)CC2)cc1S(=O)(=O)NCc1ccc(Cl)cc1. The van der Waals surface area contributed by atoms with Crippen LogP contribution in [0, 0.1) is 0 Å². The van der Waals surface area contributed by atoms with Crippen molar-refractivity contribution < 1.29 is 17.9 Å². The van der Waals surface area contributed by atoms with E-state index in [4.69, 9.17) is 16.3 Å². The molecule has 0 unspecified atom stereocenters. The average molecular weight is 489 g/mol. The van der Waals surface area contributed by atoms with E-state index in [-0.39, 0.29) is 23.1 Å². The number of carbonyl (C=O) groups excluding carboxylic acids is 1. The van der Waals surface area contributed by atoms with Crippen molar-refractivity contribution in [2.75, 3.05) is 20.2 Å². The molecular formula is C23H25ClN4O4S. The van der Waals surface area contributed by atoms with E-state index in [0.29, 0.717) is 29.7 Å². The molecule has 0 bridgehead atoms. The zero-order chi connectivity index (χ0) is 23.4. The van der Waals surface area contributed by atoms with Gasteiger partial charge in [-0.15, -0.1) is 0 Å². The number of likely N-dealkylation sites (tertiary alicyclic amines) is 1. The molecule has 0 aliphatic carbocycles. The predicted octanol–water partition coefficient (Wildman–Crippen LogP) is 3.50. The lowest BCUT2D eigenvalue weighted by molar-refractivity contribution is 0.0694. The number of carbonyl (C=O) groups is 1. The molecule has 3 aromatic rings. The van der Waals surface area contributed by atoms with Gasteiger partial charge < -0.3 is 14.2 Å². The average Bonchev–Trinajstić information content (AvgIpc) is 3.38. The number of aromatic nitrogens is 2. The minimum absolute atomic E-state index is 0.0712. The van der Waals surface area contributed by atoms with E-state index in [2.05, 4.69) is 14.3 Å². The summed E-state index contributed by atoms with van der Waals surface area (Å²) in [5, 5.41) is 0.573. The van der Waals surface area contributed by atoms with Gasteiger partial charge in [-0.3, -0.25) is 4.79 Å². The van der Waals surface area contributed by atoms with Gasteiger partial charge in [-0.2, -0.15) is 0 Å². The van der Waals surface area contributed by atoms with Crippen molar-refractivity contribution >= 4 is 27.5 Å². The molecule has 1 aliphatic heterocycles. The molecule has 174 valence electrons. The van der Waals surface area contributed by atoms with Crippen molar-refractivity contribution in [3.05, 3.63) is 77.3 Å². The highest BCUT2D eigenvalue weighted by Gasteiger charge is 2.27. The van der Waals surface area contributed by atoms with Crippen LogP contribution in [-0.2, 0) is 16.6 Å². The quantitative estimate of drug-likeness (QED) is 0.549. The van der Waals surface area contributed by atoms with Crippen LogP contribution < -0.4 is 9.46 Å². The number of imidazole rings is 1. The third-order valence-electron chi connectivity index (χ3n) is 5.78. The van der Waals surface area contributed by atoms with E-state index >= 15 is 0 Å². The van der Waals surface area contributed by atoms with Crippen molar-refractivity contribution in [2.24, 2.45) is 0 Å². The second-order valence-electron chi connectivity index (χ2n) is 7.85. The summed E-state index contributed by atoms with van der Waals surface area (Å²) in [6.45, 7) is 1.26. The lowest BCUT2D eigenvalue weighted by Crippen LogP contribution is -2.39. The first-order valence-corrected chi connectivity index (χ1v) is 12.4. The molecule has 0 saturated carbocycles. The van der Waals surface area contributed by atoms with Gasteiger partial charge in [0.1, 0.15) is 10.6 Å². The summed E-state index contributed by atoms with van der Waals surface area (Å²) in [4.78, 5) is 18.9. The minimum atomic E-state index is -3.93. The van der Waals surface area contributed by atoms with Crippen LogP contribution in [0.1, 0.15) is 34.8 Å². The van der Waals surface area contributed by atoms with E-state index in [9.17, 15) is 13.2 Å². The molecule has 1 saturated heterocycles. The number of amides is 1. The summed E-state index contributed by atoms with van der Waals surface area (Å²) >= 11 is 5.89. The number of ether oxygens (including phenoxy) is 1. The molecule has 33 heavy (non-hydrogen) atoms. The van der Waals surface area contributed by atoms with Crippen LogP contribution in [0.2, 0.25) is 5.02 Å². The largest absolute Gasteiger partial charge is 0.495 e. The first-order valence-electron chi connectivity index (χ1n) is 10.6. The van der Waals surface area contributed by atoms with E-state index in [1.165, 1.54) is 19.2 Å². The van der Waals surface area contributed by atoms with Crippen LogP contribution in [-0.4, -0.2) is 49.0 Å².